The lowest BCUT2D eigenvalue weighted by molar-refractivity contribution is 1.12. The van der Waals surface area contributed by atoms with E-state index in [4.69, 9.17) is 0 Å². The van der Waals surface area contributed by atoms with Gasteiger partial charge in [0.25, 0.3) is 16.8 Å². The maximum atomic E-state index is 2.64. The molecule has 4 aromatic heterocycles. The highest BCUT2D eigenvalue weighted by atomic mass is 28.4. The van der Waals surface area contributed by atoms with Gasteiger partial charge in [0.1, 0.15) is 0 Å². The average molecular weight is 399 g/mol. The Morgan fingerprint density at radius 2 is 1.00 bits per heavy atom. The molecule has 0 saturated heterocycles. The largest absolute Gasteiger partial charge is 0.355 e. The Morgan fingerprint density at radius 3 is 1.43 bits per heavy atom. The van der Waals surface area contributed by atoms with Crippen LogP contribution in [0.25, 0.3) is 44.6 Å². The smallest absolute Gasteiger partial charge is 0.266 e. The van der Waals surface area contributed by atoms with E-state index in [2.05, 4.69) is 104 Å². The van der Waals surface area contributed by atoms with Crippen LogP contribution in [-0.4, -0.2) is 33.7 Å². The summed E-state index contributed by atoms with van der Waals surface area (Å²) in [6, 6.07) is 18.6. The van der Waals surface area contributed by atoms with E-state index >= 15 is 0 Å². The number of aromatic nitrogens is 4. The SMILES string of the molecule is C[Si]1(C)n2cccc2-c2cc3cc4c(cc5n4[Si](C)(C)n4cccc4-5)cc3n21. The van der Waals surface area contributed by atoms with Crippen LogP contribution in [0.2, 0.25) is 26.2 Å². The molecular formula is C22H22N4Si2. The highest BCUT2D eigenvalue weighted by Gasteiger charge is 2.40. The third kappa shape index (κ3) is 1.45. The minimum atomic E-state index is -1.77. The second-order valence-corrected chi connectivity index (χ2v) is 17.1. The van der Waals surface area contributed by atoms with Gasteiger partial charge in [-0.2, -0.15) is 0 Å². The van der Waals surface area contributed by atoms with Crippen LogP contribution >= 0.6 is 0 Å². The van der Waals surface area contributed by atoms with Gasteiger partial charge in [-0.05, 0) is 87.1 Å². The molecule has 6 heterocycles. The molecule has 0 N–H and O–H groups in total. The first kappa shape index (κ1) is 15.2. The number of nitrogens with zero attached hydrogens (tertiary/aromatic N) is 4. The Hall–Kier alpha value is -2.71. The Morgan fingerprint density at radius 1 is 0.571 bits per heavy atom. The summed E-state index contributed by atoms with van der Waals surface area (Å²) in [7, 11) is -3.55. The molecule has 0 bridgehead atoms. The zero-order chi connectivity index (χ0) is 19.0. The third-order valence-electron chi connectivity index (χ3n) is 7.02. The minimum absolute atomic E-state index is 1.37. The van der Waals surface area contributed by atoms with Crippen LogP contribution in [0.5, 0.6) is 0 Å². The summed E-state index contributed by atoms with van der Waals surface area (Å²) >= 11 is 0. The summed E-state index contributed by atoms with van der Waals surface area (Å²) in [5.41, 5.74) is 8.29. The fourth-order valence-electron chi connectivity index (χ4n) is 5.82. The van der Waals surface area contributed by atoms with Gasteiger partial charge in [0, 0.05) is 21.8 Å². The van der Waals surface area contributed by atoms with E-state index in [1.54, 1.807) is 0 Å². The van der Waals surface area contributed by atoms with Crippen LogP contribution in [0.4, 0.5) is 0 Å². The molecule has 7 rings (SSSR count). The van der Waals surface area contributed by atoms with Crippen molar-refractivity contribution in [1.29, 1.82) is 0 Å². The summed E-state index contributed by atoms with van der Waals surface area (Å²) in [5.74, 6) is 0. The van der Waals surface area contributed by atoms with Crippen molar-refractivity contribution in [3.05, 3.63) is 60.9 Å². The molecule has 0 aliphatic carbocycles. The number of hydrogen-bond acceptors (Lipinski definition) is 0. The zero-order valence-electron chi connectivity index (χ0n) is 16.6. The van der Waals surface area contributed by atoms with Crippen LogP contribution in [0, 0.1) is 0 Å². The number of fused-ring (bicyclic) bond motifs is 10. The second-order valence-electron chi connectivity index (χ2n) is 9.22. The van der Waals surface area contributed by atoms with E-state index < -0.39 is 16.8 Å². The summed E-state index contributed by atoms with van der Waals surface area (Å²) in [6.07, 6.45) is 4.52. The molecule has 2 aliphatic rings. The van der Waals surface area contributed by atoms with Gasteiger partial charge in [0.15, 0.2) is 0 Å². The van der Waals surface area contributed by atoms with Gasteiger partial charge in [-0.1, -0.05) is 0 Å². The van der Waals surface area contributed by atoms with Gasteiger partial charge in [0.2, 0.25) is 0 Å². The molecule has 0 atom stereocenters. The van der Waals surface area contributed by atoms with Crippen LogP contribution in [-0.2, 0) is 0 Å². The summed E-state index contributed by atoms with van der Waals surface area (Å²) < 4.78 is 10.3. The van der Waals surface area contributed by atoms with Crippen molar-refractivity contribution in [2.24, 2.45) is 0 Å². The summed E-state index contributed by atoms with van der Waals surface area (Å²) in [6.45, 7) is 9.77. The fourth-order valence-corrected chi connectivity index (χ4v) is 11.8. The predicted molar refractivity (Wildman–Crippen MR) is 121 cm³/mol. The molecule has 28 heavy (non-hydrogen) atoms. The molecule has 4 nitrogen and oxygen atoms in total. The topological polar surface area (TPSA) is 19.7 Å². The predicted octanol–water partition coefficient (Wildman–Crippen LogP) is 5.36. The second kappa shape index (κ2) is 4.31. The molecular weight excluding hydrogens is 376 g/mol. The van der Waals surface area contributed by atoms with Crippen LogP contribution in [0.1, 0.15) is 0 Å². The first-order valence-electron chi connectivity index (χ1n) is 9.97. The standard InChI is InChI=1S/C22H22N4Si2/c1-27(2)23-9-5-7-17(23)21-13-15-12-20-16(11-19(15)25(21)27)14-22-18-8-6-10-24(18)28(3,4)26(20)22/h5-14H,1-4H3. The molecule has 0 unspecified atom stereocenters. The van der Waals surface area contributed by atoms with Crippen molar-refractivity contribution in [2.45, 2.75) is 26.2 Å². The highest BCUT2D eigenvalue weighted by Crippen LogP contribution is 2.43. The maximum absolute atomic E-state index is 2.64. The molecule has 0 spiro atoms. The van der Waals surface area contributed by atoms with Crippen molar-refractivity contribution < 1.29 is 0 Å². The lowest BCUT2D eigenvalue weighted by Crippen LogP contribution is -2.40. The van der Waals surface area contributed by atoms with Crippen LogP contribution in [0.3, 0.4) is 0 Å². The average Bonchev–Trinajstić information content (AvgIpc) is 3.43. The fraction of sp³-hybridized carbons (Fsp3) is 0.182. The van der Waals surface area contributed by atoms with Crippen molar-refractivity contribution >= 4 is 38.6 Å². The summed E-state index contributed by atoms with van der Waals surface area (Å²) in [5, 5.41) is 2.75. The van der Waals surface area contributed by atoms with Gasteiger partial charge in [0.05, 0.1) is 22.8 Å². The summed E-state index contributed by atoms with van der Waals surface area (Å²) in [4.78, 5) is 0. The van der Waals surface area contributed by atoms with E-state index in [1.165, 1.54) is 44.6 Å². The molecule has 138 valence electrons. The van der Waals surface area contributed by atoms with Crippen LogP contribution in [0.15, 0.2) is 60.9 Å². The lowest BCUT2D eigenvalue weighted by atomic mass is 10.2. The molecule has 6 heteroatoms. The van der Waals surface area contributed by atoms with E-state index in [0.717, 1.165) is 0 Å². The van der Waals surface area contributed by atoms with E-state index in [1.807, 2.05) is 0 Å². The Balaban J connectivity index is 1.59. The van der Waals surface area contributed by atoms with Crippen molar-refractivity contribution in [1.82, 2.24) is 16.9 Å². The molecule has 2 aliphatic heterocycles. The van der Waals surface area contributed by atoms with Gasteiger partial charge < -0.3 is 16.9 Å². The quantitative estimate of drug-likeness (QED) is 0.313. The normalized spacial score (nSPS) is 17.9. The van der Waals surface area contributed by atoms with Crippen molar-refractivity contribution in [3.8, 4) is 22.8 Å². The van der Waals surface area contributed by atoms with Gasteiger partial charge in [-0.3, -0.25) is 0 Å². The zero-order valence-corrected chi connectivity index (χ0v) is 18.6. The monoisotopic (exact) mass is 398 g/mol. The van der Waals surface area contributed by atoms with Crippen LogP contribution < -0.4 is 0 Å². The molecule has 0 radical (unpaired) electrons. The lowest BCUT2D eigenvalue weighted by Gasteiger charge is -2.24. The number of benzene rings is 1. The Labute approximate surface area is 165 Å². The molecule has 5 aromatic rings. The van der Waals surface area contributed by atoms with Crippen molar-refractivity contribution in [2.75, 3.05) is 0 Å². The minimum Gasteiger partial charge on any atom is -0.355 e. The number of hydrogen-bond donors (Lipinski definition) is 0. The highest BCUT2D eigenvalue weighted by molar-refractivity contribution is 6.78. The van der Waals surface area contributed by atoms with Gasteiger partial charge in [-0.15, -0.1) is 0 Å². The van der Waals surface area contributed by atoms with E-state index in [0.29, 0.717) is 0 Å². The first-order chi connectivity index (χ1) is 13.4. The maximum Gasteiger partial charge on any atom is 0.266 e. The number of rotatable bonds is 0. The molecule has 0 fully saturated rings. The molecule has 1 aromatic carbocycles. The van der Waals surface area contributed by atoms with Gasteiger partial charge in [-0.25, -0.2) is 0 Å². The van der Waals surface area contributed by atoms with E-state index in [-0.39, 0.29) is 0 Å². The third-order valence-corrected chi connectivity index (χ3v) is 13.3. The van der Waals surface area contributed by atoms with Crippen molar-refractivity contribution in [3.63, 3.8) is 0 Å². The Kier molecular flexibility index (Phi) is 2.35. The first-order valence-corrected chi connectivity index (χ1v) is 15.8. The van der Waals surface area contributed by atoms with E-state index in [9.17, 15) is 0 Å². The molecule has 0 amide bonds. The molecule has 0 saturated carbocycles. The Bertz CT molecular complexity index is 1360. The van der Waals surface area contributed by atoms with Gasteiger partial charge >= 0.3 is 0 Å².